The Bertz CT molecular complexity index is 1080. The van der Waals surface area contributed by atoms with E-state index in [4.69, 9.17) is 8.92 Å². The molecule has 0 atom stereocenters. The summed E-state index contributed by atoms with van der Waals surface area (Å²) in [5.41, 5.74) is 1.17. The average molecular weight is 451 g/mol. The Labute approximate surface area is 181 Å². The minimum absolute atomic E-state index is 0.0189. The number of rotatable bonds is 9. The highest BCUT2D eigenvalue weighted by molar-refractivity contribution is 7.86. The Balaban J connectivity index is 2.40. The largest absolute Gasteiger partial charge is 0.493 e. The van der Waals surface area contributed by atoms with Gasteiger partial charge in [0.25, 0.3) is 11.6 Å². The van der Waals surface area contributed by atoms with Crippen molar-refractivity contribution in [1.29, 1.82) is 0 Å². The standard InChI is InChI=1S/C21H26N2O7S/c1-14(2)12-22(21(24)17-8-6-15(3)18(11-17)23(25)26)13-16-7-9-19(29-4)20(10-16)30-31(5,27)28/h6-11,14H,12-13H2,1-5H3. The van der Waals surface area contributed by atoms with E-state index >= 15 is 0 Å². The highest BCUT2D eigenvalue weighted by Gasteiger charge is 2.22. The van der Waals surface area contributed by atoms with Gasteiger partial charge in [0, 0.05) is 30.3 Å². The fourth-order valence-electron chi connectivity index (χ4n) is 3.05. The number of hydrogen-bond acceptors (Lipinski definition) is 7. The number of aryl methyl sites for hydroxylation is 1. The summed E-state index contributed by atoms with van der Waals surface area (Å²) in [6.45, 7) is 6.06. The summed E-state index contributed by atoms with van der Waals surface area (Å²) >= 11 is 0. The minimum Gasteiger partial charge on any atom is -0.493 e. The zero-order valence-corrected chi connectivity index (χ0v) is 18.9. The Hall–Kier alpha value is -3.14. The van der Waals surface area contributed by atoms with Gasteiger partial charge < -0.3 is 13.8 Å². The first kappa shape index (κ1) is 24.1. The predicted molar refractivity (Wildman–Crippen MR) is 116 cm³/mol. The van der Waals surface area contributed by atoms with Crippen LogP contribution in [0.3, 0.4) is 0 Å². The lowest BCUT2D eigenvalue weighted by Gasteiger charge is -2.25. The number of methoxy groups -OCH3 is 1. The van der Waals surface area contributed by atoms with Crippen molar-refractivity contribution in [2.45, 2.75) is 27.3 Å². The molecule has 0 aliphatic carbocycles. The molecular weight excluding hydrogens is 424 g/mol. The fourth-order valence-corrected chi connectivity index (χ4v) is 3.51. The second kappa shape index (κ2) is 9.78. The molecule has 0 fully saturated rings. The number of nitro benzene ring substituents is 1. The molecule has 10 heteroatoms. The molecule has 2 rings (SSSR count). The van der Waals surface area contributed by atoms with Crippen LogP contribution >= 0.6 is 0 Å². The van der Waals surface area contributed by atoms with Crippen LogP contribution < -0.4 is 8.92 Å². The van der Waals surface area contributed by atoms with Crippen molar-refractivity contribution in [3.05, 3.63) is 63.2 Å². The molecule has 0 bridgehead atoms. The van der Waals surface area contributed by atoms with Gasteiger partial charge in [-0.15, -0.1) is 0 Å². The van der Waals surface area contributed by atoms with Crippen LogP contribution in [0.1, 0.15) is 35.3 Å². The number of nitrogens with zero attached hydrogens (tertiary/aromatic N) is 2. The Morgan fingerprint density at radius 3 is 2.39 bits per heavy atom. The molecule has 168 valence electrons. The van der Waals surface area contributed by atoms with Gasteiger partial charge in [-0.1, -0.05) is 26.0 Å². The SMILES string of the molecule is COc1ccc(CN(CC(C)C)C(=O)c2ccc(C)c([N+](=O)[O-])c2)cc1OS(C)(=O)=O. The maximum absolute atomic E-state index is 13.2. The Morgan fingerprint density at radius 2 is 1.84 bits per heavy atom. The van der Waals surface area contributed by atoms with E-state index in [0.29, 0.717) is 17.7 Å². The fraction of sp³-hybridized carbons (Fsp3) is 0.381. The first-order valence-corrected chi connectivity index (χ1v) is 11.3. The van der Waals surface area contributed by atoms with Gasteiger partial charge in [-0.3, -0.25) is 14.9 Å². The minimum atomic E-state index is -3.77. The van der Waals surface area contributed by atoms with Gasteiger partial charge in [0.15, 0.2) is 11.5 Å². The van der Waals surface area contributed by atoms with Crippen LogP contribution in [0.2, 0.25) is 0 Å². The Kier molecular flexibility index (Phi) is 7.61. The van der Waals surface area contributed by atoms with Crippen LogP contribution in [0, 0.1) is 23.0 Å². The monoisotopic (exact) mass is 450 g/mol. The van der Waals surface area contributed by atoms with E-state index in [2.05, 4.69) is 0 Å². The normalized spacial score (nSPS) is 11.3. The topological polar surface area (TPSA) is 116 Å². The molecule has 0 N–H and O–H groups in total. The van der Waals surface area contributed by atoms with Crippen LogP contribution in [0.25, 0.3) is 0 Å². The van der Waals surface area contributed by atoms with E-state index in [1.54, 1.807) is 36.1 Å². The second-order valence-corrected chi connectivity index (χ2v) is 9.19. The average Bonchev–Trinajstić information content (AvgIpc) is 2.65. The number of amides is 1. The predicted octanol–water partition coefficient (Wildman–Crippen LogP) is 3.55. The van der Waals surface area contributed by atoms with Crippen LogP contribution in [0.5, 0.6) is 11.5 Å². The van der Waals surface area contributed by atoms with Crippen molar-refractivity contribution >= 4 is 21.7 Å². The summed E-state index contributed by atoms with van der Waals surface area (Å²) in [5, 5.41) is 11.3. The molecule has 2 aromatic carbocycles. The van der Waals surface area contributed by atoms with E-state index in [-0.39, 0.29) is 41.1 Å². The van der Waals surface area contributed by atoms with Gasteiger partial charge in [0.2, 0.25) is 0 Å². The van der Waals surface area contributed by atoms with Gasteiger partial charge in [0.1, 0.15) is 0 Å². The summed E-state index contributed by atoms with van der Waals surface area (Å²) in [5.74, 6) is 0.0306. The molecule has 0 aromatic heterocycles. The zero-order valence-electron chi connectivity index (χ0n) is 18.1. The summed E-state index contributed by atoms with van der Waals surface area (Å²) in [6, 6.07) is 9.14. The first-order valence-electron chi connectivity index (χ1n) is 9.52. The first-order chi connectivity index (χ1) is 14.4. The third-order valence-corrected chi connectivity index (χ3v) is 4.85. The molecule has 0 saturated carbocycles. The van der Waals surface area contributed by atoms with Crippen molar-refractivity contribution in [1.82, 2.24) is 4.90 Å². The molecule has 2 aromatic rings. The van der Waals surface area contributed by atoms with Crippen molar-refractivity contribution in [3.63, 3.8) is 0 Å². The summed E-state index contributed by atoms with van der Waals surface area (Å²) in [6.07, 6.45) is 0.929. The lowest BCUT2D eigenvalue weighted by Crippen LogP contribution is -2.33. The van der Waals surface area contributed by atoms with Crippen molar-refractivity contribution in [2.75, 3.05) is 19.9 Å². The van der Waals surface area contributed by atoms with Crippen LogP contribution in [-0.4, -0.2) is 44.1 Å². The molecule has 0 aliphatic heterocycles. The number of nitro groups is 1. The highest BCUT2D eigenvalue weighted by Crippen LogP contribution is 2.30. The van der Waals surface area contributed by atoms with Gasteiger partial charge >= 0.3 is 10.1 Å². The van der Waals surface area contributed by atoms with Crippen molar-refractivity contribution < 1.29 is 27.1 Å². The molecular formula is C21H26N2O7S. The molecule has 31 heavy (non-hydrogen) atoms. The third kappa shape index (κ3) is 6.68. The number of ether oxygens (including phenoxy) is 1. The maximum Gasteiger partial charge on any atom is 0.306 e. The van der Waals surface area contributed by atoms with Gasteiger partial charge in [0.05, 0.1) is 18.3 Å². The van der Waals surface area contributed by atoms with Crippen LogP contribution in [0.15, 0.2) is 36.4 Å². The van der Waals surface area contributed by atoms with E-state index in [1.807, 2.05) is 13.8 Å². The molecule has 9 nitrogen and oxygen atoms in total. The molecule has 0 heterocycles. The summed E-state index contributed by atoms with van der Waals surface area (Å²) < 4.78 is 33.3. The summed E-state index contributed by atoms with van der Waals surface area (Å²) in [4.78, 5) is 25.5. The second-order valence-electron chi connectivity index (χ2n) is 7.61. The number of benzene rings is 2. The number of hydrogen-bond donors (Lipinski definition) is 0. The maximum atomic E-state index is 13.2. The quantitative estimate of drug-likeness (QED) is 0.326. The third-order valence-electron chi connectivity index (χ3n) is 4.37. The van der Waals surface area contributed by atoms with E-state index in [0.717, 1.165) is 6.26 Å². The molecule has 0 radical (unpaired) electrons. The van der Waals surface area contributed by atoms with E-state index < -0.39 is 15.0 Å². The Morgan fingerprint density at radius 1 is 1.16 bits per heavy atom. The smallest absolute Gasteiger partial charge is 0.306 e. The van der Waals surface area contributed by atoms with Gasteiger partial charge in [-0.25, -0.2) is 0 Å². The van der Waals surface area contributed by atoms with Gasteiger partial charge in [-0.2, -0.15) is 8.42 Å². The highest BCUT2D eigenvalue weighted by atomic mass is 32.2. The number of carbonyl (C=O) groups is 1. The molecule has 0 unspecified atom stereocenters. The zero-order chi connectivity index (χ0) is 23.3. The molecule has 0 aliphatic rings. The summed E-state index contributed by atoms with van der Waals surface area (Å²) in [7, 11) is -2.38. The van der Waals surface area contributed by atoms with E-state index in [1.165, 1.54) is 19.2 Å². The lowest BCUT2D eigenvalue weighted by atomic mass is 10.1. The van der Waals surface area contributed by atoms with Crippen LogP contribution in [-0.2, 0) is 16.7 Å². The number of carbonyl (C=O) groups excluding carboxylic acids is 1. The van der Waals surface area contributed by atoms with Crippen molar-refractivity contribution in [2.24, 2.45) is 5.92 Å². The molecule has 0 saturated heterocycles. The lowest BCUT2D eigenvalue weighted by molar-refractivity contribution is -0.385. The molecule has 1 amide bonds. The van der Waals surface area contributed by atoms with Gasteiger partial charge in [-0.05, 0) is 36.6 Å². The van der Waals surface area contributed by atoms with Crippen molar-refractivity contribution in [3.8, 4) is 11.5 Å². The van der Waals surface area contributed by atoms with E-state index in [9.17, 15) is 23.3 Å². The van der Waals surface area contributed by atoms with Crippen LogP contribution in [0.4, 0.5) is 5.69 Å². The molecule has 0 spiro atoms.